The Kier molecular flexibility index (Phi) is 7.39. The minimum Gasteiger partial charge on any atom is -0.481 e. The molecule has 11 nitrogen and oxygen atoms in total. The Hall–Kier alpha value is -4.45. The molecule has 0 unspecified atom stereocenters. The van der Waals surface area contributed by atoms with Gasteiger partial charge in [-0.1, -0.05) is 29.8 Å². The van der Waals surface area contributed by atoms with Crippen molar-refractivity contribution in [2.24, 2.45) is 0 Å². The van der Waals surface area contributed by atoms with Gasteiger partial charge >= 0.3 is 17.7 Å². The highest BCUT2D eigenvalue weighted by Crippen LogP contribution is 2.37. The number of halogens is 1. The number of benzene rings is 2. The SMILES string of the molecule is COC(=O)c1ccc(CN2C(=O)N/C(=C\c3cc(Br)c(OCc4cccc(C)c4)c([N+](=O)[O-])c3)C2=O)o1. The number of nitro groups is 1. The summed E-state index contributed by atoms with van der Waals surface area (Å²) in [5.41, 5.74) is 1.78. The number of rotatable bonds is 8. The number of furan rings is 1. The van der Waals surface area contributed by atoms with Crippen molar-refractivity contribution in [2.45, 2.75) is 20.1 Å². The second-order valence-electron chi connectivity index (χ2n) is 8.02. The molecule has 1 N–H and O–H groups in total. The van der Waals surface area contributed by atoms with Crippen molar-refractivity contribution in [3.63, 3.8) is 0 Å². The Labute approximate surface area is 218 Å². The number of amides is 3. The highest BCUT2D eigenvalue weighted by Gasteiger charge is 2.34. The van der Waals surface area contributed by atoms with Gasteiger partial charge in [-0.3, -0.25) is 19.8 Å². The van der Waals surface area contributed by atoms with Gasteiger partial charge in [-0.05, 0) is 58.3 Å². The van der Waals surface area contributed by atoms with Gasteiger partial charge in [-0.15, -0.1) is 0 Å². The lowest BCUT2D eigenvalue weighted by Crippen LogP contribution is -2.30. The van der Waals surface area contributed by atoms with Crippen LogP contribution in [0.25, 0.3) is 6.08 Å². The van der Waals surface area contributed by atoms with Crippen LogP contribution in [-0.2, 0) is 22.7 Å². The minimum atomic E-state index is -0.709. The van der Waals surface area contributed by atoms with Crippen LogP contribution in [0.4, 0.5) is 10.5 Å². The average molecular weight is 570 g/mol. The summed E-state index contributed by atoms with van der Waals surface area (Å²) in [7, 11) is 1.20. The predicted molar refractivity (Wildman–Crippen MR) is 133 cm³/mol. The van der Waals surface area contributed by atoms with E-state index in [1.165, 1.54) is 31.4 Å². The zero-order chi connectivity index (χ0) is 26.7. The summed E-state index contributed by atoms with van der Waals surface area (Å²) in [6.07, 6.45) is 1.32. The van der Waals surface area contributed by atoms with Gasteiger partial charge in [-0.2, -0.15) is 0 Å². The number of hydrogen-bond acceptors (Lipinski definition) is 8. The summed E-state index contributed by atoms with van der Waals surface area (Å²) in [4.78, 5) is 48.9. The molecular formula is C25H20BrN3O8. The molecule has 1 aliphatic heterocycles. The molecule has 2 heterocycles. The van der Waals surface area contributed by atoms with E-state index in [0.717, 1.165) is 16.0 Å². The van der Waals surface area contributed by atoms with Crippen molar-refractivity contribution in [1.29, 1.82) is 0 Å². The number of esters is 1. The lowest BCUT2D eigenvalue weighted by atomic mass is 10.1. The fourth-order valence-electron chi connectivity index (χ4n) is 3.63. The maximum atomic E-state index is 12.8. The number of nitrogens with zero attached hydrogens (tertiary/aromatic N) is 2. The summed E-state index contributed by atoms with van der Waals surface area (Å²) < 4.78 is 15.9. The summed E-state index contributed by atoms with van der Waals surface area (Å²) in [5, 5.41) is 14.2. The Balaban J connectivity index is 1.55. The van der Waals surface area contributed by atoms with E-state index < -0.39 is 22.8 Å². The van der Waals surface area contributed by atoms with Crippen molar-refractivity contribution in [1.82, 2.24) is 10.2 Å². The first kappa shape index (κ1) is 25.6. The van der Waals surface area contributed by atoms with E-state index in [9.17, 15) is 24.5 Å². The lowest BCUT2D eigenvalue weighted by Gasteiger charge is -2.11. The van der Waals surface area contributed by atoms with Gasteiger partial charge in [0, 0.05) is 6.07 Å². The lowest BCUT2D eigenvalue weighted by molar-refractivity contribution is -0.386. The number of hydrogen-bond donors (Lipinski definition) is 1. The number of imide groups is 1. The van der Waals surface area contributed by atoms with Crippen LogP contribution in [0.2, 0.25) is 0 Å². The molecule has 0 saturated carbocycles. The van der Waals surface area contributed by atoms with Crippen LogP contribution in [0.1, 0.15) is 33.0 Å². The van der Waals surface area contributed by atoms with Crippen LogP contribution in [0, 0.1) is 17.0 Å². The van der Waals surface area contributed by atoms with Gasteiger partial charge in [0.1, 0.15) is 18.1 Å². The number of carbonyl (C=O) groups excluding carboxylic acids is 3. The fraction of sp³-hybridized carbons (Fsp3) is 0.160. The van der Waals surface area contributed by atoms with Crippen LogP contribution in [0.3, 0.4) is 0 Å². The van der Waals surface area contributed by atoms with Crippen LogP contribution < -0.4 is 10.1 Å². The van der Waals surface area contributed by atoms with E-state index in [1.54, 1.807) is 6.07 Å². The average Bonchev–Trinajstić information content (AvgIpc) is 3.43. The number of nitrogens with one attached hydrogen (secondary N) is 1. The van der Waals surface area contributed by atoms with Gasteiger partial charge in [0.15, 0.2) is 0 Å². The minimum absolute atomic E-state index is 0.0382. The Morgan fingerprint density at radius 1 is 1.22 bits per heavy atom. The van der Waals surface area contributed by atoms with Crippen molar-refractivity contribution in [2.75, 3.05) is 7.11 Å². The number of nitro benzene ring substituents is 1. The van der Waals surface area contributed by atoms with Crippen LogP contribution in [0.5, 0.6) is 5.75 Å². The highest BCUT2D eigenvalue weighted by molar-refractivity contribution is 9.10. The van der Waals surface area contributed by atoms with Crippen molar-refractivity contribution in [3.05, 3.63) is 97.0 Å². The Bertz CT molecular complexity index is 1450. The molecule has 0 aliphatic carbocycles. The molecule has 1 aromatic heterocycles. The van der Waals surface area contributed by atoms with Crippen molar-refractivity contribution in [3.8, 4) is 5.75 Å². The molecule has 0 radical (unpaired) electrons. The van der Waals surface area contributed by atoms with Crippen molar-refractivity contribution < 1.29 is 33.2 Å². The smallest absolute Gasteiger partial charge is 0.373 e. The number of carbonyl (C=O) groups is 3. The molecule has 3 amide bonds. The summed E-state index contributed by atoms with van der Waals surface area (Å²) in [6.45, 7) is 1.83. The topological polar surface area (TPSA) is 141 Å². The van der Waals surface area contributed by atoms with Gasteiger partial charge in [-0.25, -0.2) is 9.59 Å². The predicted octanol–water partition coefficient (Wildman–Crippen LogP) is 4.72. The summed E-state index contributed by atoms with van der Waals surface area (Å²) in [6, 6.07) is 12.5. The Morgan fingerprint density at radius 2 is 2.00 bits per heavy atom. The van der Waals surface area contributed by atoms with E-state index in [0.29, 0.717) is 4.47 Å². The largest absolute Gasteiger partial charge is 0.481 e. The molecule has 0 bridgehead atoms. The molecule has 1 aliphatic rings. The fourth-order valence-corrected chi connectivity index (χ4v) is 4.21. The molecule has 12 heteroatoms. The van der Waals surface area contributed by atoms with Crippen LogP contribution in [-0.4, -0.2) is 34.8 Å². The first-order valence-corrected chi connectivity index (χ1v) is 11.6. The molecular weight excluding hydrogens is 550 g/mol. The number of aryl methyl sites for hydroxylation is 1. The molecule has 0 spiro atoms. The maximum Gasteiger partial charge on any atom is 0.373 e. The van der Waals surface area contributed by atoms with Gasteiger partial charge in [0.25, 0.3) is 5.91 Å². The van der Waals surface area contributed by atoms with Crippen LogP contribution >= 0.6 is 15.9 Å². The second kappa shape index (κ2) is 10.7. The molecule has 37 heavy (non-hydrogen) atoms. The van der Waals surface area contributed by atoms with Gasteiger partial charge < -0.3 is 19.2 Å². The maximum absolute atomic E-state index is 12.8. The zero-order valence-corrected chi connectivity index (χ0v) is 21.2. The van der Waals surface area contributed by atoms with Crippen molar-refractivity contribution >= 4 is 45.6 Å². The summed E-state index contributed by atoms with van der Waals surface area (Å²) in [5.74, 6) is -1.20. The van der Waals surface area contributed by atoms with E-state index >= 15 is 0 Å². The number of methoxy groups -OCH3 is 1. The normalized spacial score (nSPS) is 14.1. The molecule has 4 rings (SSSR count). The Morgan fingerprint density at radius 3 is 2.70 bits per heavy atom. The third-order valence-electron chi connectivity index (χ3n) is 5.34. The van der Waals surface area contributed by atoms with Gasteiger partial charge in [0.05, 0.1) is 23.1 Å². The highest BCUT2D eigenvalue weighted by atomic mass is 79.9. The zero-order valence-electron chi connectivity index (χ0n) is 19.6. The van der Waals surface area contributed by atoms with Gasteiger partial charge in [0.2, 0.25) is 11.5 Å². The molecule has 1 fully saturated rings. The van der Waals surface area contributed by atoms with E-state index in [4.69, 9.17) is 9.15 Å². The quantitative estimate of drug-likeness (QED) is 0.135. The summed E-state index contributed by atoms with van der Waals surface area (Å²) >= 11 is 3.32. The molecule has 2 aromatic carbocycles. The monoisotopic (exact) mass is 569 g/mol. The van der Waals surface area contributed by atoms with E-state index in [2.05, 4.69) is 26.0 Å². The molecule has 3 aromatic rings. The second-order valence-corrected chi connectivity index (χ2v) is 8.88. The first-order chi connectivity index (χ1) is 17.7. The van der Waals surface area contributed by atoms with E-state index in [-0.39, 0.29) is 47.4 Å². The molecule has 1 saturated heterocycles. The molecule has 190 valence electrons. The third-order valence-corrected chi connectivity index (χ3v) is 5.93. The van der Waals surface area contributed by atoms with Crippen LogP contribution in [0.15, 0.2) is 63.1 Å². The third kappa shape index (κ3) is 5.70. The molecule has 0 atom stereocenters. The standard InChI is InChI=1S/C25H20BrN3O8/c1-14-4-3-5-15(8-14)13-36-22-18(26)9-16(11-20(22)29(33)34)10-19-23(30)28(25(32)27-19)12-17-6-7-21(37-17)24(31)35-2/h3-11H,12-13H2,1-2H3,(H,27,32)/b19-10-. The first-order valence-electron chi connectivity index (χ1n) is 10.8. The van der Waals surface area contributed by atoms with E-state index in [1.807, 2.05) is 31.2 Å². The number of ether oxygens (including phenoxy) is 2. The number of urea groups is 1.